The Bertz CT molecular complexity index is 993. The normalized spacial score (nSPS) is 12.7. The minimum atomic E-state index is -1.23. The van der Waals surface area contributed by atoms with Crippen LogP contribution in [0.3, 0.4) is 0 Å². The van der Waals surface area contributed by atoms with Crippen LogP contribution >= 0.6 is 0 Å². The summed E-state index contributed by atoms with van der Waals surface area (Å²) in [5.41, 5.74) is 1.28. The summed E-state index contributed by atoms with van der Waals surface area (Å²) in [4.78, 5) is 52.5. The van der Waals surface area contributed by atoms with Crippen molar-refractivity contribution in [3.63, 3.8) is 0 Å². The van der Waals surface area contributed by atoms with Crippen LogP contribution in [0.2, 0.25) is 0 Å². The topological polar surface area (TPSA) is 138 Å². The number of carbonyl (C=O) groups is 4. The highest BCUT2D eigenvalue weighted by molar-refractivity contribution is 5.93. The van der Waals surface area contributed by atoms with Gasteiger partial charge in [-0.2, -0.15) is 5.26 Å². The third-order valence-electron chi connectivity index (χ3n) is 5.14. The van der Waals surface area contributed by atoms with Crippen molar-refractivity contribution in [2.24, 2.45) is 5.92 Å². The van der Waals surface area contributed by atoms with E-state index in [1.807, 2.05) is 39.0 Å². The van der Waals surface area contributed by atoms with Crippen LogP contribution in [0.4, 0.5) is 4.79 Å². The fourth-order valence-electron chi connectivity index (χ4n) is 3.55. The van der Waals surface area contributed by atoms with Crippen molar-refractivity contribution in [1.29, 1.82) is 5.26 Å². The molecule has 10 heteroatoms. The minimum absolute atomic E-state index is 0.00475. The maximum atomic E-state index is 13.8. The molecule has 0 aliphatic carbocycles. The molecule has 0 fully saturated rings. The van der Waals surface area contributed by atoms with Crippen molar-refractivity contribution < 1.29 is 28.7 Å². The number of aryl methyl sites for hydroxylation is 2. The Morgan fingerprint density at radius 2 is 1.78 bits per heavy atom. The lowest BCUT2D eigenvalue weighted by Crippen LogP contribution is -2.53. The summed E-state index contributed by atoms with van der Waals surface area (Å²) in [7, 11) is 1.20. The van der Waals surface area contributed by atoms with Crippen molar-refractivity contribution in [2.75, 3.05) is 20.2 Å². The van der Waals surface area contributed by atoms with Gasteiger partial charge in [0, 0.05) is 0 Å². The number of amides is 3. The summed E-state index contributed by atoms with van der Waals surface area (Å²) in [6.45, 7) is 11.7. The van der Waals surface area contributed by atoms with Gasteiger partial charge in [0.1, 0.15) is 30.8 Å². The number of methoxy groups -OCH3 is 1. The van der Waals surface area contributed by atoms with E-state index >= 15 is 0 Å². The number of nitrogens with zero attached hydrogens (tertiary/aromatic N) is 2. The van der Waals surface area contributed by atoms with Crippen molar-refractivity contribution in [3.8, 4) is 6.07 Å². The van der Waals surface area contributed by atoms with Crippen LogP contribution in [0.15, 0.2) is 18.2 Å². The Morgan fingerprint density at radius 1 is 1.14 bits per heavy atom. The number of hydrogen-bond donors (Lipinski definition) is 2. The lowest BCUT2D eigenvalue weighted by molar-refractivity contribution is -0.144. The van der Waals surface area contributed by atoms with Gasteiger partial charge in [-0.05, 0) is 58.1 Å². The number of esters is 1. The second kappa shape index (κ2) is 13.5. The van der Waals surface area contributed by atoms with Gasteiger partial charge in [0.15, 0.2) is 0 Å². The predicted octanol–water partition coefficient (Wildman–Crippen LogP) is 2.93. The molecule has 2 atom stereocenters. The molecule has 0 saturated heterocycles. The monoisotopic (exact) mass is 502 g/mol. The molecule has 36 heavy (non-hydrogen) atoms. The zero-order valence-electron chi connectivity index (χ0n) is 22.4. The molecule has 1 aromatic carbocycles. The number of carbonyl (C=O) groups excluding carboxylic acids is 4. The van der Waals surface area contributed by atoms with E-state index in [-0.39, 0.29) is 12.3 Å². The number of nitriles is 1. The van der Waals surface area contributed by atoms with E-state index in [1.54, 1.807) is 33.8 Å². The first-order valence-electron chi connectivity index (χ1n) is 11.8. The lowest BCUT2D eigenvalue weighted by Gasteiger charge is -2.34. The largest absolute Gasteiger partial charge is 0.468 e. The average molecular weight is 503 g/mol. The molecular formula is C26H38N4O6. The SMILES string of the molecule is COC(=O)CNC(=O)C(c1cc(C)ccc1C)N(CC#N)C(=O)C(CC(C)C)NC(=O)OC(C)(C)C. The van der Waals surface area contributed by atoms with E-state index in [4.69, 9.17) is 4.74 Å². The number of benzene rings is 1. The Kier molecular flexibility index (Phi) is 11.4. The zero-order chi connectivity index (χ0) is 27.6. The molecule has 0 radical (unpaired) electrons. The van der Waals surface area contributed by atoms with Gasteiger partial charge in [0.2, 0.25) is 11.8 Å². The third kappa shape index (κ3) is 9.56. The molecule has 0 aromatic heterocycles. The number of hydrogen-bond acceptors (Lipinski definition) is 7. The molecule has 3 amide bonds. The van der Waals surface area contributed by atoms with Crippen LogP contribution in [0.1, 0.15) is 63.8 Å². The lowest BCUT2D eigenvalue weighted by atomic mass is 9.95. The maximum absolute atomic E-state index is 13.8. The van der Waals surface area contributed by atoms with Gasteiger partial charge < -0.3 is 25.0 Å². The summed E-state index contributed by atoms with van der Waals surface area (Å²) < 4.78 is 9.93. The van der Waals surface area contributed by atoms with E-state index in [0.29, 0.717) is 5.56 Å². The van der Waals surface area contributed by atoms with Crippen LogP contribution in [0.25, 0.3) is 0 Å². The summed E-state index contributed by atoms with van der Waals surface area (Å²) in [6, 6.07) is 5.11. The molecule has 0 aliphatic heterocycles. The Hall–Kier alpha value is -3.61. The van der Waals surface area contributed by atoms with Gasteiger partial charge in [-0.15, -0.1) is 0 Å². The molecular weight excluding hydrogens is 464 g/mol. The Labute approximate surface area is 213 Å². The summed E-state index contributed by atoms with van der Waals surface area (Å²) >= 11 is 0. The average Bonchev–Trinajstić information content (AvgIpc) is 2.76. The van der Waals surface area contributed by atoms with Gasteiger partial charge in [0.25, 0.3) is 0 Å². The van der Waals surface area contributed by atoms with E-state index < -0.39 is 54.7 Å². The highest BCUT2D eigenvalue weighted by atomic mass is 16.6. The second-order valence-corrected chi connectivity index (χ2v) is 10.0. The fraction of sp³-hybridized carbons (Fsp3) is 0.577. The highest BCUT2D eigenvalue weighted by Gasteiger charge is 2.37. The minimum Gasteiger partial charge on any atom is -0.468 e. The molecule has 0 heterocycles. The summed E-state index contributed by atoms with van der Waals surface area (Å²) in [6.07, 6.45) is -0.527. The molecule has 0 bridgehead atoms. The predicted molar refractivity (Wildman–Crippen MR) is 134 cm³/mol. The summed E-state index contributed by atoms with van der Waals surface area (Å²) in [5, 5.41) is 14.7. The fourth-order valence-corrected chi connectivity index (χ4v) is 3.55. The number of ether oxygens (including phenoxy) is 2. The van der Waals surface area contributed by atoms with E-state index in [0.717, 1.165) is 16.0 Å². The van der Waals surface area contributed by atoms with Gasteiger partial charge in [-0.3, -0.25) is 14.4 Å². The first kappa shape index (κ1) is 30.4. The van der Waals surface area contributed by atoms with Crippen molar-refractivity contribution in [3.05, 3.63) is 34.9 Å². The maximum Gasteiger partial charge on any atom is 0.408 e. The van der Waals surface area contributed by atoms with Crippen molar-refractivity contribution in [1.82, 2.24) is 15.5 Å². The molecule has 2 unspecified atom stereocenters. The number of alkyl carbamates (subject to hydrolysis) is 1. The quantitative estimate of drug-likeness (QED) is 0.371. The van der Waals surface area contributed by atoms with Crippen molar-refractivity contribution in [2.45, 2.75) is 72.6 Å². The highest BCUT2D eigenvalue weighted by Crippen LogP contribution is 2.27. The standard InChI is InChI=1S/C26H38N4O6/c1-16(2)13-20(29-25(34)36-26(5,6)7)24(33)30(12-11-27)22(23(32)28-15-21(31)35-8)19-14-17(3)9-10-18(19)4/h9-10,14,16,20,22H,12-13,15H2,1-8H3,(H,28,32)(H,29,34). The van der Waals surface area contributed by atoms with Crippen LogP contribution in [0.5, 0.6) is 0 Å². The molecule has 0 aliphatic rings. The van der Waals surface area contributed by atoms with Gasteiger partial charge in [-0.25, -0.2) is 4.79 Å². The number of nitrogens with one attached hydrogen (secondary N) is 2. The Balaban J connectivity index is 3.51. The second-order valence-electron chi connectivity index (χ2n) is 10.0. The number of rotatable bonds is 10. The first-order chi connectivity index (χ1) is 16.7. The van der Waals surface area contributed by atoms with Crippen molar-refractivity contribution >= 4 is 23.9 Å². The van der Waals surface area contributed by atoms with Crippen LogP contribution in [-0.4, -0.2) is 60.6 Å². The van der Waals surface area contributed by atoms with Crippen LogP contribution in [-0.2, 0) is 23.9 Å². The molecule has 198 valence electrons. The van der Waals surface area contributed by atoms with Crippen LogP contribution in [0, 0.1) is 31.1 Å². The van der Waals surface area contributed by atoms with E-state index in [9.17, 15) is 24.4 Å². The molecule has 1 aromatic rings. The Morgan fingerprint density at radius 3 is 2.31 bits per heavy atom. The third-order valence-corrected chi connectivity index (χ3v) is 5.14. The van der Waals surface area contributed by atoms with Crippen LogP contribution < -0.4 is 10.6 Å². The van der Waals surface area contributed by atoms with E-state index in [1.165, 1.54) is 7.11 Å². The molecule has 0 saturated carbocycles. The summed E-state index contributed by atoms with van der Waals surface area (Å²) in [5.74, 6) is -1.93. The van der Waals surface area contributed by atoms with Gasteiger partial charge in [-0.1, -0.05) is 37.6 Å². The van der Waals surface area contributed by atoms with Gasteiger partial charge >= 0.3 is 12.1 Å². The molecule has 10 nitrogen and oxygen atoms in total. The van der Waals surface area contributed by atoms with E-state index in [2.05, 4.69) is 15.4 Å². The molecule has 1 rings (SSSR count). The zero-order valence-corrected chi connectivity index (χ0v) is 22.4. The smallest absolute Gasteiger partial charge is 0.408 e. The molecule has 2 N–H and O–H groups in total. The molecule has 0 spiro atoms. The van der Waals surface area contributed by atoms with Gasteiger partial charge in [0.05, 0.1) is 13.2 Å². The first-order valence-corrected chi connectivity index (χ1v) is 11.8.